The second kappa shape index (κ2) is 8.14. The summed E-state index contributed by atoms with van der Waals surface area (Å²) in [5, 5.41) is 0. The monoisotopic (exact) mass is 398 g/mol. The van der Waals surface area contributed by atoms with E-state index >= 15 is 0 Å². The predicted octanol–water partition coefficient (Wildman–Crippen LogP) is 7.37. The smallest absolute Gasteiger partial charge is 0.244 e. The Kier molecular flexibility index (Phi) is 6.42. The number of hydrogen-bond donors (Lipinski definition) is 0. The summed E-state index contributed by atoms with van der Waals surface area (Å²) in [7, 11) is 0. The standard InChI is InChI=1S/C21H32F6/c1-13-2-7-16(8-3-13)20(24,25)21(26,27)17-9-4-14(5-10-17)15-6-11-18(22)19(23)12-15/h13-19H,2-12H2,1H3. The Labute approximate surface area is 158 Å². The molecule has 0 N–H and O–H groups in total. The van der Waals surface area contributed by atoms with Gasteiger partial charge in [0, 0.05) is 11.8 Å². The fourth-order valence-corrected chi connectivity index (χ4v) is 5.66. The van der Waals surface area contributed by atoms with Gasteiger partial charge in [0.05, 0.1) is 0 Å². The number of halogens is 6. The molecule has 158 valence electrons. The molecule has 0 nitrogen and oxygen atoms in total. The Morgan fingerprint density at radius 2 is 1.00 bits per heavy atom. The molecule has 3 fully saturated rings. The first kappa shape index (κ1) is 21.3. The van der Waals surface area contributed by atoms with E-state index in [1.54, 1.807) is 0 Å². The lowest BCUT2D eigenvalue weighted by Gasteiger charge is -2.43. The fourth-order valence-electron chi connectivity index (χ4n) is 5.66. The van der Waals surface area contributed by atoms with Crippen LogP contribution in [0.15, 0.2) is 0 Å². The van der Waals surface area contributed by atoms with Crippen LogP contribution in [0.1, 0.15) is 77.6 Å². The maximum atomic E-state index is 14.8. The Balaban J connectivity index is 1.57. The molecule has 0 bridgehead atoms. The van der Waals surface area contributed by atoms with Crippen LogP contribution in [0.3, 0.4) is 0 Å². The molecule has 3 saturated carbocycles. The molecule has 3 rings (SSSR count). The zero-order valence-electron chi connectivity index (χ0n) is 16.1. The molecule has 0 aromatic heterocycles. The minimum Gasteiger partial charge on any atom is -0.244 e. The van der Waals surface area contributed by atoms with Crippen molar-refractivity contribution < 1.29 is 26.3 Å². The van der Waals surface area contributed by atoms with E-state index < -0.39 is 36.0 Å². The Hall–Kier alpha value is -0.420. The summed E-state index contributed by atoms with van der Waals surface area (Å²) in [6, 6.07) is 0. The van der Waals surface area contributed by atoms with Gasteiger partial charge < -0.3 is 0 Å². The zero-order valence-corrected chi connectivity index (χ0v) is 16.1. The lowest BCUT2D eigenvalue weighted by atomic mass is 9.67. The van der Waals surface area contributed by atoms with Crippen molar-refractivity contribution in [2.75, 3.05) is 0 Å². The Morgan fingerprint density at radius 1 is 0.556 bits per heavy atom. The van der Waals surface area contributed by atoms with E-state index in [9.17, 15) is 26.3 Å². The van der Waals surface area contributed by atoms with Crippen LogP contribution in [0.4, 0.5) is 26.3 Å². The van der Waals surface area contributed by atoms with Crippen molar-refractivity contribution in [3.63, 3.8) is 0 Å². The number of alkyl halides is 6. The lowest BCUT2D eigenvalue weighted by Crippen LogP contribution is -2.52. The summed E-state index contributed by atoms with van der Waals surface area (Å²) in [6.45, 7) is 1.98. The van der Waals surface area contributed by atoms with Crippen molar-refractivity contribution in [3.05, 3.63) is 0 Å². The molecular weight excluding hydrogens is 366 g/mol. The van der Waals surface area contributed by atoms with Crippen molar-refractivity contribution in [2.24, 2.45) is 29.6 Å². The third-order valence-electron chi connectivity index (χ3n) is 7.66. The van der Waals surface area contributed by atoms with Crippen molar-refractivity contribution in [1.29, 1.82) is 0 Å². The number of rotatable bonds is 4. The summed E-state index contributed by atoms with van der Waals surface area (Å²) in [6.07, 6.45) is 0.486. The third-order valence-corrected chi connectivity index (χ3v) is 7.66. The van der Waals surface area contributed by atoms with Crippen LogP contribution in [0.2, 0.25) is 0 Å². The molecule has 3 aliphatic carbocycles. The van der Waals surface area contributed by atoms with Crippen LogP contribution in [-0.4, -0.2) is 24.2 Å². The highest BCUT2D eigenvalue weighted by molar-refractivity contribution is 4.98. The molecule has 0 heterocycles. The summed E-state index contributed by atoms with van der Waals surface area (Å²) < 4.78 is 85.9. The normalized spacial score (nSPS) is 42.1. The molecule has 27 heavy (non-hydrogen) atoms. The van der Waals surface area contributed by atoms with Gasteiger partial charge in [0.1, 0.15) is 12.3 Å². The highest BCUT2D eigenvalue weighted by Crippen LogP contribution is 2.54. The Morgan fingerprint density at radius 3 is 1.48 bits per heavy atom. The van der Waals surface area contributed by atoms with Crippen LogP contribution in [-0.2, 0) is 0 Å². The van der Waals surface area contributed by atoms with Crippen LogP contribution in [0, 0.1) is 29.6 Å². The average Bonchev–Trinajstić information content (AvgIpc) is 2.64. The zero-order chi connectivity index (χ0) is 19.8. The van der Waals surface area contributed by atoms with Crippen LogP contribution in [0.5, 0.6) is 0 Å². The molecule has 6 heteroatoms. The van der Waals surface area contributed by atoms with Crippen LogP contribution < -0.4 is 0 Å². The molecule has 0 aromatic rings. The van der Waals surface area contributed by atoms with Crippen molar-refractivity contribution in [2.45, 2.75) is 102 Å². The molecule has 0 radical (unpaired) electrons. The first-order chi connectivity index (χ1) is 12.6. The van der Waals surface area contributed by atoms with Gasteiger partial charge in [0.25, 0.3) is 0 Å². The van der Waals surface area contributed by atoms with E-state index in [1.807, 2.05) is 6.92 Å². The van der Waals surface area contributed by atoms with E-state index in [4.69, 9.17) is 0 Å². The topological polar surface area (TPSA) is 0 Å². The Bertz CT molecular complexity index is 477. The SMILES string of the molecule is CC1CCC(C(F)(F)C(F)(F)C2CCC(C3CCC(F)C(F)C3)CC2)CC1. The fraction of sp³-hybridized carbons (Fsp3) is 1.00. The quantitative estimate of drug-likeness (QED) is 0.434. The molecule has 0 aliphatic heterocycles. The van der Waals surface area contributed by atoms with Crippen molar-refractivity contribution in [1.82, 2.24) is 0 Å². The van der Waals surface area contributed by atoms with E-state index in [0.717, 1.165) is 0 Å². The molecule has 3 aliphatic rings. The van der Waals surface area contributed by atoms with Gasteiger partial charge in [-0.25, -0.2) is 8.78 Å². The van der Waals surface area contributed by atoms with Gasteiger partial charge in [-0.15, -0.1) is 0 Å². The highest BCUT2D eigenvalue weighted by atomic mass is 19.3. The van der Waals surface area contributed by atoms with Gasteiger partial charge in [0.15, 0.2) is 0 Å². The third kappa shape index (κ3) is 4.29. The summed E-state index contributed by atoms with van der Waals surface area (Å²) in [5.74, 6) is -10.1. The first-order valence-corrected chi connectivity index (χ1v) is 10.7. The van der Waals surface area contributed by atoms with Crippen molar-refractivity contribution in [3.8, 4) is 0 Å². The number of hydrogen-bond acceptors (Lipinski definition) is 0. The van der Waals surface area contributed by atoms with Gasteiger partial charge in [-0.05, 0) is 75.5 Å². The predicted molar refractivity (Wildman–Crippen MR) is 93.6 cm³/mol. The van der Waals surface area contributed by atoms with E-state index in [2.05, 4.69) is 0 Å². The van der Waals surface area contributed by atoms with Gasteiger partial charge in [0.2, 0.25) is 0 Å². The molecule has 0 spiro atoms. The molecule has 0 saturated heterocycles. The maximum absolute atomic E-state index is 14.8. The highest BCUT2D eigenvalue weighted by Gasteiger charge is 2.64. The molecular formula is C21H32F6. The second-order valence-electron chi connectivity index (χ2n) is 9.42. The summed E-state index contributed by atoms with van der Waals surface area (Å²) in [4.78, 5) is 0. The second-order valence-corrected chi connectivity index (χ2v) is 9.42. The van der Waals surface area contributed by atoms with Gasteiger partial charge in [-0.1, -0.05) is 19.8 Å². The van der Waals surface area contributed by atoms with E-state index in [1.165, 1.54) is 0 Å². The first-order valence-electron chi connectivity index (χ1n) is 10.7. The summed E-state index contributed by atoms with van der Waals surface area (Å²) >= 11 is 0. The van der Waals surface area contributed by atoms with E-state index in [-0.39, 0.29) is 50.4 Å². The maximum Gasteiger partial charge on any atom is 0.313 e. The lowest BCUT2D eigenvalue weighted by molar-refractivity contribution is -0.270. The van der Waals surface area contributed by atoms with Crippen molar-refractivity contribution >= 4 is 0 Å². The molecule has 3 unspecified atom stereocenters. The van der Waals surface area contributed by atoms with Crippen LogP contribution in [0.25, 0.3) is 0 Å². The molecule has 0 aromatic carbocycles. The van der Waals surface area contributed by atoms with E-state index in [0.29, 0.717) is 38.0 Å². The largest absolute Gasteiger partial charge is 0.313 e. The van der Waals surface area contributed by atoms with Gasteiger partial charge >= 0.3 is 11.8 Å². The average molecular weight is 398 g/mol. The molecule has 0 amide bonds. The van der Waals surface area contributed by atoms with Crippen LogP contribution >= 0.6 is 0 Å². The summed E-state index contributed by atoms with van der Waals surface area (Å²) in [5.41, 5.74) is 0. The minimum atomic E-state index is -3.98. The minimum absolute atomic E-state index is 0.00177. The molecule has 3 atom stereocenters. The van der Waals surface area contributed by atoms with Gasteiger partial charge in [-0.2, -0.15) is 17.6 Å². The van der Waals surface area contributed by atoms with Gasteiger partial charge in [-0.3, -0.25) is 0 Å².